The molecule has 1 aromatic rings. The zero-order valence-electron chi connectivity index (χ0n) is 8.96. The molecule has 0 heterocycles. The van der Waals surface area contributed by atoms with Crippen molar-refractivity contribution in [1.82, 2.24) is 5.32 Å². The van der Waals surface area contributed by atoms with E-state index in [2.05, 4.69) is 11.4 Å². The summed E-state index contributed by atoms with van der Waals surface area (Å²) >= 11 is 5.81. The van der Waals surface area contributed by atoms with Gasteiger partial charge in [-0.15, -0.1) is 0 Å². The Balaban J connectivity index is 1.98. The minimum Gasteiger partial charge on any atom is -0.383 e. The minimum absolute atomic E-state index is 0.751. The summed E-state index contributed by atoms with van der Waals surface area (Å²) in [7, 11) is 0. The number of halogens is 1. The first-order chi connectivity index (χ1) is 7.79. The van der Waals surface area contributed by atoms with Crippen LogP contribution in [0.1, 0.15) is 24.8 Å². The lowest BCUT2D eigenvalue weighted by Crippen LogP contribution is -2.12. The van der Waals surface area contributed by atoms with Crippen molar-refractivity contribution in [1.29, 1.82) is 5.26 Å². The summed E-state index contributed by atoms with van der Waals surface area (Å²) in [5.41, 5.74) is 3.20. The highest BCUT2D eigenvalue weighted by Gasteiger charge is 2.13. The monoisotopic (exact) mass is 232 g/mol. The normalized spacial score (nSPS) is 15.0. The molecule has 0 fully saturated rings. The van der Waals surface area contributed by atoms with Gasteiger partial charge in [0.25, 0.3) is 0 Å². The third-order valence-corrected chi connectivity index (χ3v) is 3.02. The summed E-state index contributed by atoms with van der Waals surface area (Å²) in [5.74, 6) is 0. The number of benzene rings is 1. The van der Waals surface area contributed by atoms with Gasteiger partial charge in [-0.3, -0.25) is 0 Å². The second kappa shape index (κ2) is 5.05. The zero-order chi connectivity index (χ0) is 11.4. The van der Waals surface area contributed by atoms with Gasteiger partial charge in [0.2, 0.25) is 0 Å². The fraction of sp³-hybridized carbons (Fsp3) is 0.308. The van der Waals surface area contributed by atoms with E-state index in [0.717, 1.165) is 42.1 Å². The van der Waals surface area contributed by atoms with Crippen molar-refractivity contribution < 1.29 is 0 Å². The summed E-state index contributed by atoms with van der Waals surface area (Å²) in [6.45, 7) is 0.762. The molecule has 0 bridgehead atoms. The van der Waals surface area contributed by atoms with Crippen LogP contribution in [0.5, 0.6) is 0 Å². The van der Waals surface area contributed by atoms with E-state index in [1.807, 2.05) is 24.3 Å². The SMILES string of the molecule is N#CC1=C(NCc2ccc(Cl)cc2)CCC1. The molecule has 0 aliphatic heterocycles. The Labute approximate surface area is 101 Å². The van der Waals surface area contributed by atoms with Gasteiger partial charge in [-0.1, -0.05) is 23.7 Å². The first-order valence-electron chi connectivity index (χ1n) is 5.40. The number of nitriles is 1. The van der Waals surface area contributed by atoms with Gasteiger partial charge in [-0.05, 0) is 37.0 Å². The Bertz CT molecular complexity index is 440. The highest BCUT2D eigenvalue weighted by atomic mass is 35.5. The van der Waals surface area contributed by atoms with E-state index < -0.39 is 0 Å². The lowest BCUT2D eigenvalue weighted by atomic mass is 10.2. The van der Waals surface area contributed by atoms with Crippen molar-refractivity contribution in [3.63, 3.8) is 0 Å². The summed E-state index contributed by atoms with van der Waals surface area (Å²) in [4.78, 5) is 0. The number of rotatable bonds is 3. The molecule has 1 aromatic carbocycles. The van der Waals surface area contributed by atoms with Crippen LogP contribution in [-0.4, -0.2) is 0 Å². The molecule has 2 nitrogen and oxygen atoms in total. The van der Waals surface area contributed by atoms with Gasteiger partial charge in [0.05, 0.1) is 6.07 Å². The molecule has 0 saturated carbocycles. The van der Waals surface area contributed by atoms with Crippen LogP contribution in [0.2, 0.25) is 5.02 Å². The van der Waals surface area contributed by atoms with E-state index >= 15 is 0 Å². The van der Waals surface area contributed by atoms with Crippen LogP contribution in [0.15, 0.2) is 35.5 Å². The van der Waals surface area contributed by atoms with Crippen LogP contribution in [0.25, 0.3) is 0 Å². The molecule has 0 atom stereocenters. The van der Waals surface area contributed by atoms with E-state index in [0.29, 0.717) is 0 Å². The molecule has 0 saturated heterocycles. The van der Waals surface area contributed by atoms with Crippen LogP contribution in [0, 0.1) is 11.3 Å². The molecule has 82 valence electrons. The number of nitrogens with one attached hydrogen (secondary N) is 1. The molecular weight excluding hydrogens is 220 g/mol. The molecular formula is C13H13ClN2. The molecule has 1 N–H and O–H groups in total. The van der Waals surface area contributed by atoms with Gasteiger partial charge in [-0.25, -0.2) is 0 Å². The van der Waals surface area contributed by atoms with Crippen molar-refractivity contribution in [3.05, 3.63) is 46.1 Å². The molecule has 2 rings (SSSR count). The van der Waals surface area contributed by atoms with E-state index in [4.69, 9.17) is 16.9 Å². The first-order valence-corrected chi connectivity index (χ1v) is 5.78. The Morgan fingerprint density at radius 3 is 2.69 bits per heavy atom. The summed E-state index contributed by atoms with van der Waals surface area (Å²) in [6, 6.07) is 10.0. The molecule has 0 aromatic heterocycles. The average molecular weight is 233 g/mol. The van der Waals surface area contributed by atoms with E-state index in [1.165, 1.54) is 5.56 Å². The van der Waals surface area contributed by atoms with Crippen LogP contribution >= 0.6 is 11.6 Å². The lowest BCUT2D eigenvalue weighted by molar-refractivity contribution is 0.761. The molecule has 0 spiro atoms. The molecule has 0 amide bonds. The van der Waals surface area contributed by atoms with Gasteiger partial charge in [0.15, 0.2) is 0 Å². The lowest BCUT2D eigenvalue weighted by Gasteiger charge is -2.07. The van der Waals surface area contributed by atoms with E-state index in [1.54, 1.807) is 0 Å². The molecule has 1 aliphatic carbocycles. The number of allylic oxidation sites excluding steroid dienone is 2. The highest BCUT2D eigenvalue weighted by Crippen LogP contribution is 2.23. The van der Waals surface area contributed by atoms with E-state index in [-0.39, 0.29) is 0 Å². The van der Waals surface area contributed by atoms with Gasteiger partial charge in [0.1, 0.15) is 0 Å². The fourth-order valence-corrected chi connectivity index (χ4v) is 2.00. The Hall–Kier alpha value is -1.46. The molecule has 16 heavy (non-hydrogen) atoms. The minimum atomic E-state index is 0.751. The van der Waals surface area contributed by atoms with Crippen molar-refractivity contribution in [3.8, 4) is 6.07 Å². The number of hydrogen-bond donors (Lipinski definition) is 1. The second-order valence-corrected chi connectivity index (χ2v) is 4.34. The Morgan fingerprint density at radius 2 is 2.00 bits per heavy atom. The number of nitrogens with zero attached hydrogens (tertiary/aromatic N) is 1. The van der Waals surface area contributed by atoms with Crippen molar-refractivity contribution in [2.45, 2.75) is 25.8 Å². The van der Waals surface area contributed by atoms with Crippen LogP contribution in [0.3, 0.4) is 0 Å². The summed E-state index contributed by atoms with van der Waals surface area (Å²) in [5, 5.41) is 13.0. The summed E-state index contributed by atoms with van der Waals surface area (Å²) in [6.07, 6.45) is 3.00. The standard InChI is InChI=1S/C13H13ClN2/c14-12-6-4-10(5-7-12)9-16-13-3-1-2-11(13)8-15/h4-7,16H,1-3,9H2. The van der Waals surface area contributed by atoms with Crippen molar-refractivity contribution >= 4 is 11.6 Å². The predicted octanol–water partition coefficient (Wildman–Crippen LogP) is 3.39. The van der Waals surface area contributed by atoms with E-state index in [9.17, 15) is 0 Å². The second-order valence-electron chi connectivity index (χ2n) is 3.90. The maximum absolute atomic E-state index is 8.90. The molecule has 3 heteroatoms. The Morgan fingerprint density at radius 1 is 1.25 bits per heavy atom. The molecule has 1 aliphatic rings. The van der Waals surface area contributed by atoms with Crippen LogP contribution in [0.4, 0.5) is 0 Å². The van der Waals surface area contributed by atoms with Crippen molar-refractivity contribution in [2.75, 3.05) is 0 Å². The summed E-state index contributed by atoms with van der Waals surface area (Å²) < 4.78 is 0. The van der Waals surface area contributed by atoms with Gasteiger partial charge in [-0.2, -0.15) is 5.26 Å². The van der Waals surface area contributed by atoms with Gasteiger partial charge >= 0.3 is 0 Å². The first kappa shape index (κ1) is 11.0. The zero-order valence-corrected chi connectivity index (χ0v) is 9.72. The average Bonchev–Trinajstić information content (AvgIpc) is 2.76. The largest absolute Gasteiger partial charge is 0.383 e. The van der Waals surface area contributed by atoms with Crippen LogP contribution < -0.4 is 5.32 Å². The third kappa shape index (κ3) is 2.56. The smallest absolute Gasteiger partial charge is 0.0965 e. The van der Waals surface area contributed by atoms with Crippen molar-refractivity contribution in [2.24, 2.45) is 0 Å². The maximum atomic E-state index is 8.90. The predicted molar refractivity (Wildman–Crippen MR) is 64.8 cm³/mol. The van der Waals surface area contributed by atoms with Crippen LogP contribution in [-0.2, 0) is 6.54 Å². The fourth-order valence-electron chi connectivity index (χ4n) is 1.87. The third-order valence-electron chi connectivity index (χ3n) is 2.77. The Kier molecular flexibility index (Phi) is 3.48. The topological polar surface area (TPSA) is 35.8 Å². The quantitative estimate of drug-likeness (QED) is 0.867. The maximum Gasteiger partial charge on any atom is 0.0965 e. The molecule has 0 unspecified atom stereocenters. The highest BCUT2D eigenvalue weighted by molar-refractivity contribution is 6.30. The number of hydrogen-bond acceptors (Lipinski definition) is 2. The molecule has 0 radical (unpaired) electrons. The van der Waals surface area contributed by atoms with Gasteiger partial charge in [0, 0.05) is 22.8 Å². The van der Waals surface area contributed by atoms with Gasteiger partial charge < -0.3 is 5.32 Å².